The topological polar surface area (TPSA) is 33.6 Å². The van der Waals surface area contributed by atoms with Crippen molar-refractivity contribution in [3.63, 3.8) is 0 Å². The molecule has 0 bridgehead atoms. The van der Waals surface area contributed by atoms with Crippen LogP contribution in [-0.4, -0.2) is 19.4 Å². The van der Waals surface area contributed by atoms with Crippen LogP contribution >= 0.6 is 0 Å². The Morgan fingerprint density at radius 2 is 1.78 bits per heavy atom. The zero-order valence-corrected chi connectivity index (χ0v) is 12.8. The van der Waals surface area contributed by atoms with Gasteiger partial charge in [-0.2, -0.15) is 0 Å². The van der Waals surface area contributed by atoms with E-state index in [1.54, 1.807) is 6.21 Å². The average molecular weight is 302 g/mol. The summed E-state index contributed by atoms with van der Waals surface area (Å²) in [5.74, 6) is 0.881. The molecular weight excluding hydrogens is 284 g/mol. The molecule has 5 rings (SSSR count). The van der Waals surface area contributed by atoms with Gasteiger partial charge in [0.2, 0.25) is 0 Å². The molecule has 2 heterocycles. The first kappa shape index (κ1) is 13.8. The predicted molar refractivity (Wildman–Crippen MR) is 96.2 cm³/mol. The van der Waals surface area contributed by atoms with Gasteiger partial charge in [-0.05, 0) is 29.5 Å². The molecule has 3 heteroatoms. The minimum absolute atomic E-state index is 0.575. The van der Waals surface area contributed by atoms with Gasteiger partial charge in [0, 0.05) is 23.8 Å². The van der Waals surface area contributed by atoms with Gasteiger partial charge < -0.3 is 10.1 Å². The second-order valence-electron chi connectivity index (χ2n) is 5.59. The Morgan fingerprint density at radius 1 is 0.913 bits per heavy atom. The van der Waals surface area contributed by atoms with Crippen molar-refractivity contribution >= 4 is 28.4 Å². The maximum absolute atomic E-state index is 5.48. The third kappa shape index (κ3) is 2.78. The number of ether oxygens (including phenoxy) is 1. The SMILES string of the molecule is C1=Nc2c(ccc3ccccc23)OC1.c1ccc2c(c1)CCN2. The van der Waals surface area contributed by atoms with E-state index in [9.17, 15) is 0 Å². The van der Waals surface area contributed by atoms with Crippen LogP contribution in [0.15, 0.2) is 65.7 Å². The number of nitrogens with zero attached hydrogens (tertiary/aromatic N) is 1. The highest BCUT2D eigenvalue weighted by Crippen LogP contribution is 2.36. The van der Waals surface area contributed by atoms with Gasteiger partial charge in [-0.1, -0.05) is 48.5 Å². The Labute approximate surface area is 135 Å². The van der Waals surface area contributed by atoms with E-state index < -0.39 is 0 Å². The van der Waals surface area contributed by atoms with Crippen LogP contribution in [0.25, 0.3) is 10.8 Å². The molecule has 2 aliphatic heterocycles. The highest BCUT2D eigenvalue weighted by atomic mass is 16.5. The minimum Gasteiger partial charge on any atom is -0.486 e. The van der Waals surface area contributed by atoms with Gasteiger partial charge in [0.05, 0.1) is 0 Å². The number of nitrogens with one attached hydrogen (secondary N) is 1. The summed E-state index contributed by atoms with van der Waals surface area (Å²) in [5, 5.41) is 5.66. The van der Waals surface area contributed by atoms with Crippen LogP contribution in [0, 0.1) is 0 Å². The number of para-hydroxylation sites is 1. The molecular formula is C20H18N2O. The molecule has 0 aliphatic carbocycles. The number of anilines is 1. The quantitative estimate of drug-likeness (QED) is 0.659. The van der Waals surface area contributed by atoms with Gasteiger partial charge in [-0.3, -0.25) is 4.99 Å². The van der Waals surface area contributed by atoms with Crippen molar-refractivity contribution < 1.29 is 4.74 Å². The first-order valence-electron chi connectivity index (χ1n) is 7.91. The van der Waals surface area contributed by atoms with Gasteiger partial charge in [-0.25, -0.2) is 0 Å². The Hall–Kier alpha value is -2.81. The fourth-order valence-corrected chi connectivity index (χ4v) is 2.98. The third-order valence-electron chi connectivity index (χ3n) is 4.12. The van der Waals surface area contributed by atoms with Crippen molar-refractivity contribution in [2.45, 2.75) is 6.42 Å². The normalized spacial score (nSPS) is 14.1. The average Bonchev–Trinajstić information content (AvgIpc) is 3.11. The van der Waals surface area contributed by atoms with Crippen LogP contribution < -0.4 is 10.1 Å². The van der Waals surface area contributed by atoms with E-state index in [0.29, 0.717) is 6.61 Å². The van der Waals surface area contributed by atoms with Crippen LogP contribution in [0.1, 0.15) is 5.56 Å². The molecule has 0 aromatic heterocycles. The Bertz CT molecular complexity index is 847. The lowest BCUT2D eigenvalue weighted by Gasteiger charge is -2.13. The molecule has 0 fully saturated rings. The molecule has 0 radical (unpaired) electrons. The van der Waals surface area contributed by atoms with Crippen molar-refractivity contribution in [1.82, 2.24) is 0 Å². The van der Waals surface area contributed by atoms with Gasteiger partial charge in [-0.15, -0.1) is 0 Å². The molecule has 3 aromatic carbocycles. The van der Waals surface area contributed by atoms with Gasteiger partial charge in [0.25, 0.3) is 0 Å². The molecule has 0 saturated heterocycles. The Morgan fingerprint density at radius 3 is 2.74 bits per heavy atom. The highest BCUT2D eigenvalue weighted by Gasteiger charge is 2.09. The smallest absolute Gasteiger partial charge is 0.146 e. The molecule has 0 unspecified atom stereocenters. The van der Waals surface area contributed by atoms with Crippen LogP contribution in [0.5, 0.6) is 5.75 Å². The number of benzene rings is 3. The van der Waals surface area contributed by atoms with E-state index in [1.807, 2.05) is 18.2 Å². The van der Waals surface area contributed by atoms with E-state index in [4.69, 9.17) is 4.74 Å². The van der Waals surface area contributed by atoms with Crippen LogP contribution in [0.2, 0.25) is 0 Å². The first-order valence-corrected chi connectivity index (χ1v) is 7.91. The highest BCUT2D eigenvalue weighted by molar-refractivity contribution is 5.97. The summed E-state index contributed by atoms with van der Waals surface area (Å²) in [7, 11) is 0. The molecule has 0 spiro atoms. The molecule has 23 heavy (non-hydrogen) atoms. The molecule has 3 aromatic rings. The summed E-state index contributed by atoms with van der Waals surface area (Å²) in [6, 6.07) is 20.7. The van der Waals surface area contributed by atoms with Gasteiger partial charge in [0.1, 0.15) is 18.0 Å². The zero-order valence-electron chi connectivity index (χ0n) is 12.8. The van der Waals surface area contributed by atoms with E-state index in [2.05, 4.69) is 52.8 Å². The third-order valence-corrected chi connectivity index (χ3v) is 4.12. The monoisotopic (exact) mass is 302 g/mol. The van der Waals surface area contributed by atoms with Crippen molar-refractivity contribution in [2.24, 2.45) is 4.99 Å². The first-order chi connectivity index (χ1) is 11.4. The standard InChI is InChI=1S/C12H9NO.C8H9N/c1-2-4-10-9(3-1)5-6-11-12(10)13-7-8-14-11;1-2-4-8-7(3-1)5-6-9-8/h1-7H,8H2;1-4,9H,5-6H2. The van der Waals surface area contributed by atoms with Crippen molar-refractivity contribution in [1.29, 1.82) is 0 Å². The van der Waals surface area contributed by atoms with Crippen molar-refractivity contribution in [3.8, 4) is 5.75 Å². The largest absolute Gasteiger partial charge is 0.486 e. The fraction of sp³-hybridized carbons (Fsp3) is 0.150. The maximum atomic E-state index is 5.48. The lowest BCUT2D eigenvalue weighted by Crippen LogP contribution is -2.02. The van der Waals surface area contributed by atoms with Crippen LogP contribution in [0.3, 0.4) is 0 Å². The summed E-state index contributed by atoms with van der Waals surface area (Å²) in [5.41, 5.74) is 3.73. The maximum Gasteiger partial charge on any atom is 0.146 e. The van der Waals surface area contributed by atoms with E-state index in [1.165, 1.54) is 23.1 Å². The summed E-state index contributed by atoms with van der Waals surface area (Å²) in [4.78, 5) is 4.37. The molecule has 114 valence electrons. The predicted octanol–water partition coefficient (Wildman–Crippen LogP) is 4.59. The number of fused-ring (bicyclic) bond motifs is 4. The molecule has 3 nitrogen and oxygen atoms in total. The number of rotatable bonds is 0. The second kappa shape index (κ2) is 6.13. The zero-order chi connectivity index (χ0) is 15.5. The lowest BCUT2D eigenvalue weighted by atomic mass is 10.1. The molecule has 0 amide bonds. The van der Waals surface area contributed by atoms with E-state index >= 15 is 0 Å². The number of hydrogen-bond acceptors (Lipinski definition) is 3. The summed E-state index contributed by atoms with van der Waals surface area (Å²) in [6.45, 7) is 1.69. The van der Waals surface area contributed by atoms with Gasteiger partial charge >= 0.3 is 0 Å². The number of hydrogen-bond donors (Lipinski definition) is 1. The van der Waals surface area contributed by atoms with Crippen LogP contribution in [0.4, 0.5) is 11.4 Å². The molecule has 2 aliphatic rings. The lowest BCUT2D eigenvalue weighted by molar-refractivity contribution is 0.377. The fourth-order valence-electron chi connectivity index (χ4n) is 2.98. The molecule has 1 N–H and O–H groups in total. The van der Waals surface area contributed by atoms with E-state index in [-0.39, 0.29) is 0 Å². The van der Waals surface area contributed by atoms with Gasteiger partial charge in [0.15, 0.2) is 0 Å². The number of aliphatic imine (C=N–C) groups is 1. The Balaban J connectivity index is 0.000000130. The summed E-state index contributed by atoms with van der Waals surface area (Å²) in [6.07, 6.45) is 2.99. The Kier molecular flexibility index (Phi) is 3.68. The summed E-state index contributed by atoms with van der Waals surface area (Å²) >= 11 is 0. The van der Waals surface area contributed by atoms with Crippen LogP contribution in [-0.2, 0) is 6.42 Å². The minimum atomic E-state index is 0.575. The second-order valence-corrected chi connectivity index (χ2v) is 5.59. The van der Waals surface area contributed by atoms with Crippen molar-refractivity contribution in [3.05, 3.63) is 66.2 Å². The van der Waals surface area contributed by atoms with E-state index in [0.717, 1.165) is 23.4 Å². The van der Waals surface area contributed by atoms with Crippen molar-refractivity contribution in [2.75, 3.05) is 18.5 Å². The molecule has 0 atom stereocenters. The molecule has 0 saturated carbocycles. The summed E-state index contributed by atoms with van der Waals surface area (Å²) < 4.78 is 5.48.